The topological polar surface area (TPSA) is 114 Å². The van der Waals surface area contributed by atoms with Gasteiger partial charge in [0.1, 0.15) is 12.7 Å². The van der Waals surface area contributed by atoms with Crippen molar-refractivity contribution >= 4 is 23.9 Å². The van der Waals surface area contributed by atoms with Gasteiger partial charge in [0.2, 0.25) is 0 Å². The molecule has 0 saturated carbocycles. The molecule has 0 amide bonds. The molecule has 9 heteroatoms. The SMILES string of the molecule is CCCCCCCCCCC(=O)OC[C@H]1OC[C@H](OC(=O)CCCCCCCCCC)[C@@H](OC(=O)CCCCCCCCCC)[C@@H]1OC(=O)CCCCCCCCCC. The maximum Gasteiger partial charge on any atom is 0.306 e. The third-order valence-corrected chi connectivity index (χ3v) is 11.7. The first kappa shape index (κ1) is 54.9. The van der Waals surface area contributed by atoms with E-state index in [1.807, 2.05) is 0 Å². The highest BCUT2D eigenvalue weighted by Crippen LogP contribution is 2.27. The highest BCUT2D eigenvalue weighted by molar-refractivity contribution is 5.72. The lowest BCUT2D eigenvalue weighted by Gasteiger charge is -2.40. The van der Waals surface area contributed by atoms with Gasteiger partial charge in [-0.3, -0.25) is 19.2 Å². The number of carbonyl (C=O) groups excluding carboxylic acids is 4. The average molecular weight is 837 g/mol. The molecule has 1 aliphatic heterocycles. The first-order valence-electron chi connectivity index (χ1n) is 25.2. The fourth-order valence-electron chi connectivity index (χ4n) is 7.87. The molecule has 0 unspecified atom stereocenters. The molecule has 0 aromatic heterocycles. The van der Waals surface area contributed by atoms with Gasteiger partial charge in [-0.25, -0.2) is 0 Å². The van der Waals surface area contributed by atoms with Crippen molar-refractivity contribution in [2.45, 2.75) is 283 Å². The van der Waals surface area contributed by atoms with Crippen molar-refractivity contribution in [3.05, 3.63) is 0 Å². The molecular weight excluding hydrogens is 745 g/mol. The van der Waals surface area contributed by atoms with Crippen molar-refractivity contribution in [2.75, 3.05) is 13.2 Å². The molecule has 0 aromatic rings. The van der Waals surface area contributed by atoms with E-state index in [1.165, 1.54) is 116 Å². The van der Waals surface area contributed by atoms with Crippen LogP contribution in [-0.2, 0) is 42.9 Å². The van der Waals surface area contributed by atoms with E-state index in [0.717, 1.165) is 77.0 Å². The second kappa shape index (κ2) is 39.9. The smallest absolute Gasteiger partial charge is 0.306 e. The highest BCUT2D eigenvalue weighted by atomic mass is 16.7. The Balaban J connectivity index is 2.97. The van der Waals surface area contributed by atoms with Gasteiger partial charge < -0.3 is 23.7 Å². The van der Waals surface area contributed by atoms with Gasteiger partial charge in [-0.1, -0.05) is 207 Å². The molecule has 1 fully saturated rings. The lowest BCUT2D eigenvalue weighted by molar-refractivity contribution is -0.233. The number of rotatable bonds is 41. The summed E-state index contributed by atoms with van der Waals surface area (Å²) in [5.74, 6) is -1.55. The zero-order chi connectivity index (χ0) is 43.0. The van der Waals surface area contributed by atoms with Crippen molar-refractivity contribution in [3.8, 4) is 0 Å². The van der Waals surface area contributed by atoms with E-state index in [-0.39, 0.29) is 44.4 Å². The van der Waals surface area contributed by atoms with Gasteiger partial charge >= 0.3 is 23.9 Å². The first-order valence-corrected chi connectivity index (χ1v) is 25.2. The van der Waals surface area contributed by atoms with E-state index in [0.29, 0.717) is 19.3 Å². The van der Waals surface area contributed by atoms with Crippen molar-refractivity contribution < 1.29 is 42.9 Å². The van der Waals surface area contributed by atoms with E-state index in [4.69, 9.17) is 23.7 Å². The summed E-state index contributed by atoms with van der Waals surface area (Å²) < 4.78 is 30.0. The molecule has 346 valence electrons. The van der Waals surface area contributed by atoms with Crippen LogP contribution in [0.5, 0.6) is 0 Å². The van der Waals surface area contributed by atoms with Gasteiger partial charge in [-0.15, -0.1) is 0 Å². The molecule has 59 heavy (non-hydrogen) atoms. The van der Waals surface area contributed by atoms with Crippen LogP contribution in [0.1, 0.15) is 259 Å². The largest absolute Gasteiger partial charge is 0.463 e. The van der Waals surface area contributed by atoms with E-state index in [1.54, 1.807) is 0 Å². The van der Waals surface area contributed by atoms with E-state index >= 15 is 0 Å². The van der Waals surface area contributed by atoms with Crippen LogP contribution in [0, 0.1) is 0 Å². The van der Waals surface area contributed by atoms with Crippen molar-refractivity contribution in [1.29, 1.82) is 0 Å². The summed E-state index contributed by atoms with van der Waals surface area (Å²) in [4.78, 5) is 52.9. The normalized spacial score (nSPS) is 17.8. The predicted molar refractivity (Wildman–Crippen MR) is 239 cm³/mol. The quantitative estimate of drug-likeness (QED) is 0.0337. The molecule has 0 aromatic carbocycles. The van der Waals surface area contributed by atoms with Crippen LogP contribution < -0.4 is 0 Å². The molecule has 0 radical (unpaired) electrons. The van der Waals surface area contributed by atoms with Crippen LogP contribution in [0.15, 0.2) is 0 Å². The highest BCUT2D eigenvalue weighted by Gasteiger charge is 2.48. The Morgan fingerprint density at radius 3 is 1.02 bits per heavy atom. The Bertz CT molecular complexity index is 1020. The van der Waals surface area contributed by atoms with Crippen molar-refractivity contribution in [2.24, 2.45) is 0 Å². The fraction of sp³-hybridized carbons (Fsp3) is 0.920. The summed E-state index contributed by atoms with van der Waals surface area (Å²) in [5.41, 5.74) is 0. The number of hydrogen-bond donors (Lipinski definition) is 0. The minimum absolute atomic E-state index is 0.0504. The van der Waals surface area contributed by atoms with Crippen LogP contribution in [0.2, 0.25) is 0 Å². The summed E-state index contributed by atoms with van der Waals surface area (Å²) in [7, 11) is 0. The van der Waals surface area contributed by atoms with Crippen LogP contribution >= 0.6 is 0 Å². The van der Waals surface area contributed by atoms with Gasteiger partial charge in [0, 0.05) is 25.7 Å². The van der Waals surface area contributed by atoms with Gasteiger partial charge in [-0.05, 0) is 25.7 Å². The summed E-state index contributed by atoms with van der Waals surface area (Å²) in [6.07, 6.45) is 32.5. The number of hydrogen-bond acceptors (Lipinski definition) is 9. The standard InChI is InChI=1S/C50H92O9/c1-5-9-13-17-21-25-29-33-37-45(51)56-41-43-49(58-47(53)39-35-31-27-23-19-15-11-7-3)50(59-48(54)40-36-32-28-24-20-16-12-8-4)44(42-55-43)57-46(52)38-34-30-26-22-18-14-10-6-2/h43-44,49-50H,5-42H2,1-4H3/t43-,44+,49-,50-/m1/s1. The van der Waals surface area contributed by atoms with Crippen molar-refractivity contribution in [1.82, 2.24) is 0 Å². The zero-order valence-electron chi connectivity index (χ0n) is 38.9. The predicted octanol–water partition coefficient (Wildman–Crippen LogP) is 13.8. The zero-order valence-corrected chi connectivity index (χ0v) is 38.9. The second-order valence-corrected chi connectivity index (χ2v) is 17.4. The van der Waals surface area contributed by atoms with Gasteiger partial charge in [-0.2, -0.15) is 0 Å². The lowest BCUT2D eigenvalue weighted by Crippen LogP contribution is -2.59. The molecule has 4 atom stereocenters. The summed E-state index contributed by atoms with van der Waals surface area (Å²) >= 11 is 0. The molecule has 0 bridgehead atoms. The van der Waals surface area contributed by atoms with E-state index < -0.39 is 36.4 Å². The Hall–Kier alpha value is -2.16. The van der Waals surface area contributed by atoms with Crippen molar-refractivity contribution in [3.63, 3.8) is 0 Å². The van der Waals surface area contributed by atoms with E-state index in [2.05, 4.69) is 27.7 Å². The lowest BCUT2D eigenvalue weighted by atomic mass is 9.99. The molecule has 0 spiro atoms. The third-order valence-electron chi connectivity index (χ3n) is 11.7. The summed E-state index contributed by atoms with van der Waals surface area (Å²) in [6, 6.07) is 0. The van der Waals surface area contributed by atoms with Gasteiger partial charge in [0.25, 0.3) is 0 Å². The van der Waals surface area contributed by atoms with Crippen LogP contribution in [-0.4, -0.2) is 61.5 Å². The number of ether oxygens (including phenoxy) is 5. The Morgan fingerprint density at radius 1 is 0.373 bits per heavy atom. The average Bonchev–Trinajstić information content (AvgIpc) is 3.22. The number of esters is 4. The Kier molecular flexibility index (Phi) is 37.1. The van der Waals surface area contributed by atoms with Crippen LogP contribution in [0.4, 0.5) is 0 Å². The molecule has 9 nitrogen and oxygen atoms in total. The van der Waals surface area contributed by atoms with Crippen LogP contribution in [0.25, 0.3) is 0 Å². The second-order valence-electron chi connectivity index (χ2n) is 17.4. The molecule has 1 aliphatic rings. The minimum atomic E-state index is -1.08. The molecule has 1 heterocycles. The van der Waals surface area contributed by atoms with E-state index in [9.17, 15) is 19.2 Å². The maximum absolute atomic E-state index is 13.4. The maximum atomic E-state index is 13.4. The Morgan fingerprint density at radius 2 is 0.661 bits per heavy atom. The summed E-state index contributed by atoms with van der Waals surface area (Å²) in [5, 5.41) is 0. The van der Waals surface area contributed by atoms with Crippen LogP contribution in [0.3, 0.4) is 0 Å². The molecule has 0 aliphatic carbocycles. The van der Waals surface area contributed by atoms with Gasteiger partial charge in [0.05, 0.1) is 6.61 Å². The van der Waals surface area contributed by atoms with Gasteiger partial charge in [0.15, 0.2) is 18.3 Å². The molecule has 1 rings (SSSR count). The third kappa shape index (κ3) is 31.4. The minimum Gasteiger partial charge on any atom is -0.463 e. The Labute approximate surface area is 362 Å². The first-order chi connectivity index (χ1) is 28.9. The molecular formula is C50H92O9. The monoisotopic (exact) mass is 837 g/mol. The molecule has 0 N–H and O–H groups in total. The summed E-state index contributed by atoms with van der Waals surface area (Å²) in [6.45, 7) is 8.66. The molecule has 1 saturated heterocycles. The number of unbranched alkanes of at least 4 members (excludes halogenated alkanes) is 28. The number of carbonyl (C=O) groups is 4. The fourth-order valence-corrected chi connectivity index (χ4v) is 7.87.